The van der Waals surface area contributed by atoms with E-state index >= 15 is 0 Å². The van der Waals surface area contributed by atoms with Gasteiger partial charge in [-0.15, -0.1) is 0 Å². The zero-order chi connectivity index (χ0) is 36.3. The average molecular weight is 699 g/mol. The van der Waals surface area contributed by atoms with Crippen LogP contribution in [0.2, 0.25) is 0 Å². The van der Waals surface area contributed by atoms with E-state index in [0.717, 1.165) is 44.6 Å². The maximum absolute atomic E-state index is 13.5. The van der Waals surface area contributed by atoms with E-state index in [1.807, 2.05) is 50.9 Å². The van der Waals surface area contributed by atoms with Gasteiger partial charge < -0.3 is 29.3 Å². The Kier molecular flexibility index (Phi) is 15.3. The smallest absolute Gasteiger partial charge is 0.410 e. The standard InChI is InChI=1S/C40H66N4O6/c1-30-20-21-40(5,48)35(49-39(47)44-26-24-42(25-27-44)34-16-9-7-8-10-17-34)19-18-33(4)37(50-36(45)28-30)32(3)15-13-14-31(2)29-41(6)38(46)43-22-11-12-23-43/h13-15,18-19,30-31,33-35,37,48H,7-12,16-17,20-29H2,1-6H3/b14-13+,19-18+,32-15+/t30-,31-,33+,35+,37-,40-/m1/s1. The predicted octanol–water partition coefficient (Wildman–Crippen LogP) is 6.79. The van der Waals surface area contributed by atoms with Crippen molar-refractivity contribution in [3.63, 3.8) is 0 Å². The minimum absolute atomic E-state index is 0.00737. The summed E-state index contributed by atoms with van der Waals surface area (Å²) in [4.78, 5) is 47.3. The Labute approximate surface area is 301 Å². The van der Waals surface area contributed by atoms with Gasteiger partial charge in [0.1, 0.15) is 11.7 Å². The van der Waals surface area contributed by atoms with Crippen molar-refractivity contribution in [2.75, 3.05) is 52.9 Å². The lowest BCUT2D eigenvalue weighted by atomic mass is 9.87. The summed E-state index contributed by atoms with van der Waals surface area (Å²) in [6, 6.07) is 0.699. The predicted molar refractivity (Wildman–Crippen MR) is 198 cm³/mol. The first-order valence-electron chi connectivity index (χ1n) is 19.5. The van der Waals surface area contributed by atoms with Gasteiger partial charge in [0.05, 0.1) is 0 Å². The van der Waals surface area contributed by atoms with Gasteiger partial charge in [-0.05, 0) is 75.9 Å². The Morgan fingerprint density at radius 3 is 2.32 bits per heavy atom. The van der Waals surface area contributed by atoms with Gasteiger partial charge in [0.2, 0.25) is 0 Å². The zero-order valence-electron chi connectivity index (χ0n) is 31.9. The van der Waals surface area contributed by atoms with E-state index in [4.69, 9.17) is 9.47 Å². The first-order valence-corrected chi connectivity index (χ1v) is 19.5. The molecule has 4 aliphatic rings. The number of piperazine rings is 1. The van der Waals surface area contributed by atoms with Crippen LogP contribution in [-0.4, -0.2) is 120 Å². The molecule has 10 heteroatoms. The van der Waals surface area contributed by atoms with Gasteiger partial charge in [0.25, 0.3) is 0 Å². The summed E-state index contributed by atoms with van der Waals surface area (Å²) in [5, 5.41) is 11.7. The first-order chi connectivity index (χ1) is 23.8. The molecule has 3 amide bonds. The van der Waals surface area contributed by atoms with Crippen molar-refractivity contribution in [2.24, 2.45) is 17.8 Å². The minimum atomic E-state index is -1.30. The van der Waals surface area contributed by atoms with E-state index < -0.39 is 17.8 Å². The van der Waals surface area contributed by atoms with E-state index in [-0.39, 0.29) is 42.3 Å². The second-order valence-electron chi connectivity index (χ2n) is 16.0. The number of likely N-dealkylation sites (tertiary alicyclic amines) is 1. The molecule has 0 aromatic heterocycles. The van der Waals surface area contributed by atoms with Gasteiger partial charge in [0, 0.05) is 71.2 Å². The second-order valence-corrected chi connectivity index (χ2v) is 16.0. The van der Waals surface area contributed by atoms with Crippen molar-refractivity contribution in [3.05, 3.63) is 36.0 Å². The maximum atomic E-state index is 13.5. The normalized spacial score (nSPS) is 31.3. The number of cyclic esters (lactones) is 1. The van der Waals surface area contributed by atoms with Crippen LogP contribution in [-0.2, 0) is 14.3 Å². The first kappa shape index (κ1) is 39.9. The van der Waals surface area contributed by atoms with Crippen molar-refractivity contribution in [1.29, 1.82) is 0 Å². The largest absolute Gasteiger partial charge is 0.457 e. The molecule has 1 saturated carbocycles. The number of esters is 1. The molecule has 0 spiro atoms. The monoisotopic (exact) mass is 698 g/mol. The van der Waals surface area contributed by atoms with Crippen LogP contribution in [0.4, 0.5) is 9.59 Å². The SMILES string of the molecule is C/C(=C\C=C\[C@@H](C)CN(C)C(=O)N1CCCC1)[C@H]1OC(=O)C[C@H](C)CC[C@@](C)(O)[C@@H](OC(=O)N2CCN(C3CCCCCC3)CC2)/C=C/[C@@H]1C. The van der Waals surface area contributed by atoms with Crippen LogP contribution in [0.25, 0.3) is 0 Å². The van der Waals surface area contributed by atoms with Gasteiger partial charge in [-0.25, -0.2) is 9.59 Å². The lowest BCUT2D eigenvalue weighted by molar-refractivity contribution is -0.150. The lowest BCUT2D eigenvalue weighted by Gasteiger charge is -2.40. The molecule has 1 aliphatic carbocycles. The molecule has 4 rings (SSSR count). The quantitative estimate of drug-likeness (QED) is 0.135. The van der Waals surface area contributed by atoms with E-state index in [0.29, 0.717) is 38.5 Å². The molecule has 0 unspecified atom stereocenters. The lowest BCUT2D eigenvalue weighted by Crippen LogP contribution is -2.53. The van der Waals surface area contributed by atoms with Crippen molar-refractivity contribution < 1.29 is 29.0 Å². The maximum Gasteiger partial charge on any atom is 0.410 e. The highest BCUT2D eigenvalue weighted by Gasteiger charge is 2.37. The second kappa shape index (κ2) is 19.1. The Bertz CT molecular complexity index is 1190. The number of allylic oxidation sites excluding steroid dienone is 2. The molecule has 50 heavy (non-hydrogen) atoms. The number of rotatable bonds is 7. The van der Waals surface area contributed by atoms with Gasteiger partial charge in [-0.1, -0.05) is 70.8 Å². The Hall–Kier alpha value is -2.85. The number of carbonyl (C=O) groups is 3. The van der Waals surface area contributed by atoms with E-state index in [1.54, 1.807) is 22.8 Å². The van der Waals surface area contributed by atoms with Gasteiger partial charge in [0.15, 0.2) is 6.10 Å². The number of aliphatic hydroxyl groups is 1. The van der Waals surface area contributed by atoms with E-state index in [1.165, 1.54) is 38.5 Å². The molecule has 0 radical (unpaired) electrons. The molecule has 3 aliphatic heterocycles. The molecule has 6 atom stereocenters. The highest BCUT2D eigenvalue weighted by atomic mass is 16.6. The van der Waals surface area contributed by atoms with Crippen molar-refractivity contribution in [3.8, 4) is 0 Å². The van der Waals surface area contributed by atoms with Crippen LogP contribution in [0.3, 0.4) is 0 Å². The van der Waals surface area contributed by atoms with Crippen molar-refractivity contribution in [1.82, 2.24) is 19.6 Å². The van der Waals surface area contributed by atoms with Crippen LogP contribution in [0.5, 0.6) is 0 Å². The average Bonchev–Trinajstić information content (AvgIpc) is 3.49. The summed E-state index contributed by atoms with van der Waals surface area (Å²) in [5.74, 6) is -0.363. The number of urea groups is 1. The van der Waals surface area contributed by atoms with Gasteiger partial charge >= 0.3 is 18.1 Å². The molecule has 282 valence electrons. The fraction of sp³-hybridized carbons (Fsp3) is 0.775. The fourth-order valence-corrected chi connectivity index (χ4v) is 7.91. The van der Waals surface area contributed by atoms with Crippen LogP contribution in [0.15, 0.2) is 36.0 Å². The number of ether oxygens (including phenoxy) is 2. The molecule has 1 N–H and O–H groups in total. The third kappa shape index (κ3) is 11.9. The van der Waals surface area contributed by atoms with Crippen molar-refractivity contribution >= 4 is 18.1 Å². The third-order valence-electron chi connectivity index (χ3n) is 11.3. The number of hydrogen-bond donors (Lipinski definition) is 1. The highest BCUT2D eigenvalue weighted by Crippen LogP contribution is 2.29. The number of hydrogen-bond acceptors (Lipinski definition) is 7. The zero-order valence-corrected chi connectivity index (χ0v) is 31.9. The minimum Gasteiger partial charge on any atom is -0.457 e. The summed E-state index contributed by atoms with van der Waals surface area (Å²) in [7, 11) is 1.85. The summed E-state index contributed by atoms with van der Waals surface area (Å²) in [5.41, 5.74) is -0.412. The van der Waals surface area contributed by atoms with Crippen LogP contribution in [0.1, 0.15) is 105 Å². The molecule has 0 aromatic rings. The van der Waals surface area contributed by atoms with E-state index in [2.05, 4.69) is 17.9 Å². The summed E-state index contributed by atoms with van der Waals surface area (Å²) in [6.45, 7) is 15.0. The molecular weight excluding hydrogens is 632 g/mol. The molecule has 0 bridgehead atoms. The van der Waals surface area contributed by atoms with Crippen LogP contribution < -0.4 is 0 Å². The molecular formula is C40H66N4O6. The molecule has 3 fully saturated rings. The number of nitrogens with zero attached hydrogens (tertiary/aromatic N) is 4. The van der Waals surface area contributed by atoms with Gasteiger partial charge in [-0.2, -0.15) is 0 Å². The van der Waals surface area contributed by atoms with Gasteiger partial charge in [-0.3, -0.25) is 9.69 Å². The number of carbonyl (C=O) groups excluding carboxylic acids is 3. The van der Waals surface area contributed by atoms with Crippen LogP contribution >= 0.6 is 0 Å². The summed E-state index contributed by atoms with van der Waals surface area (Å²) >= 11 is 0. The Balaban J connectivity index is 1.41. The number of amides is 3. The Morgan fingerprint density at radius 1 is 1.00 bits per heavy atom. The van der Waals surface area contributed by atoms with Crippen LogP contribution in [0, 0.1) is 17.8 Å². The van der Waals surface area contributed by atoms with E-state index in [9.17, 15) is 19.5 Å². The molecule has 2 saturated heterocycles. The topological polar surface area (TPSA) is 103 Å². The summed E-state index contributed by atoms with van der Waals surface area (Å²) in [6.07, 6.45) is 19.0. The summed E-state index contributed by atoms with van der Waals surface area (Å²) < 4.78 is 12.2. The fourth-order valence-electron chi connectivity index (χ4n) is 7.91. The molecule has 0 aromatic carbocycles. The Morgan fingerprint density at radius 2 is 1.66 bits per heavy atom. The third-order valence-corrected chi connectivity index (χ3v) is 11.3. The highest BCUT2D eigenvalue weighted by molar-refractivity contribution is 5.74. The molecule has 10 nitrogen and oxygen atoms in total. The molecule has 3 heterocycles. The van der Waals surface area contributed by atoms with Crippen molar-refractivity contribution in [2.45, 2.75) is 129 Å².